The topological polar surface area (TPSA) is 41.6 Å². The molecular weight excluding hydrogens is 312 g/mol. The van der Waals surface area contributed by atoms with Gasteiger partial charge in [0.1, 0.15) is 5.75 Å². The van der Waals surface area contributed by atoms with Crippen molar-refractivity contribution in [3.8, 4) is 5.75 Å². The molecule has 0 radical (unpaired) electrons. The van der Waals surface area contributed by atoms with Gasteiger partial charge in [-0.1, -0.05) is 18.2 Å². The lowest BCUT2D eigenvalue weighted by atomic mass is 10.1. The van der Waals surface area contributed by atoms with E-state index in [-0.39, 0.29) is 5.91 Å². The average Bonchev–Trinajstić information content (AvgIpc) is 2.60. The van der Waals surface area contributed by atoms with Crippen LogP contribution in [0.3, 0.4) is 0 Å². The molecule has 2 aromatic rings. The van der Waals surface area contributed by atoms with E-state index in [1.54, 1.807) is 6.92 Å². The van der Waals surface area contributed by atoms with Crippen LogP contribution in [0.4, 0.5) is 11.4 Å². The Bertz CT molecular complexity index is 686. The van der Waals surface area contributed by atoms with Crippen LogP contribution >= 0.6 is 0 Å². The highest BCUT2D eigenvalue weighted by Gasteiger charge is 2.17. The summed E-state index contributed by atoms with van der Waals surface area (Å²) in [5, 5.41) is 2.92. The fraction of sp³-hybridized carbons (Fsp3) is 0.381. The first kappa shape index (κ1) is 18.8. The van der Waals surface area contributed by atoms with E-state index in [0.29, 0.717) is 0 Å². The lowest BCUT2D eigenvalue weighted by molar-refractivity contribution is -0.122. The minimum Gasteiger partial charge on any atom is -0.480 e. The molecular formula is C21H28N2O2. The van der Waals surface area contributed by atoms with Crippen molar-refractivity contribution in [3.63, 3.8) is 0 Å². The molecule has 0 fully saturated rings. The van der Waals surface area contributed by atoms with Crippen molar-refractivity contribution in [1.82, 2.24) is 0 Å². The van der Waals surface area contributed by atoms with Crippen LogP contribution in [-0.2, 0) is 4.79 Å². The maximum atomic E-state index is 12.4. The summed E-state index contributed by atoms with van der Waals surface area (Å²) in [6.07, 6.45) is -0.567. The highest BCUT2D eigenvalue weighted by atomic mass is 16.5. The van der Waals surface area contributed by atoms with Crippen LogP contribution in [0, 0.1) is 13.8 Å². The van der Waals surface area contributed by atoms with Crippen LogP contribution in [0.15, 0.2) is 42.5 Å². The summed E-state index contributed by atoms with van der Waals surface area (Å²) in [6.45, 7) is 11.9. The van der Waals surface area contributed by atoms with E-state index >= 15 is 0 Å². The number of ether oxygens (including phenoxy) is 1. The van der Waals surface area contributed by atoms with Gasteiger partial charge in [-0.2, -0.15) is 0 Å². The number of amides is 1. The van der Waals surface area contributed by atoms with Gasteiger partial charge in [-0.25, -0.2) is 0 Å². The predicted molar refractivity (Wildman–Crippen MR) is 105 cm³/mol. The molecule has 1 unspecified atom stereocenters. The van der Waals surface area contributed by atoms with Crippen LogP contribution in [0.1, 0.15) is 31.9 Å². The van der Waals surface area contributed by atoms with Gasteiger partial charge in [0.2, 0.25) is 0 Å². The Hall–Kier alpha value is -2.49. The number of nitrogens with zero attached hydrogens (tertiary/aromatic N) is 1. The van der Waals surface area contributed by atoms with E-state index in [0.717, 1.165) is 41.3 Å². The molecule has 134 valence electrons. The molecule has 0 heterocycles. The van der Waals surface area contributed by atoms with Crippen molar-refractivity contribution in [3.05, 3.63) is 53.6 Å². The molecule has 2 rings (SSSR count). The maximum absolute atomic E-state index is 12.4. The van der Waals surface area contributed by atoms with Crippen LogP contribution in [0.2, 0.25) is 0 Å². The van der Waals surface area contributed by atoms with Crippen LogP contribution in [0.25, 0.3) is 0 Å². The van der Waals surface area contributed by atoms with Crippen LogP contribution in [0.5, 0.6) is 5.75 Å². The van der Waals surface area contributed by atoms with Gasteiger partial charge in [0.05, 0.1) is 0 Å². The first-order valence-electron chi connectivity index (χ1n) is 8.85. The molecule has 1 amide bonds. The van der Waals surface area contributed by atoms with Gasteiger partial charge < -0.3 is 15.0 Å². The third kappa shape index (κ3) is 4.75. The number of para-hydroxylation sites is 1. The van der Waals surface area contributed by atoms with E-state index in [1.165, 1.54) is 0 Å². The summed E-state index contributed by atoms with van der Waals surface area (Å²) in [5.74, 6) is 0.625. The molecule has 1 atom stereocenters. The molecule has 0 spiro atoms. The van der Waals surface area contributed by atoms with Crippen molar-refractivity contribution in [2.45, 2.75) is 40.7 Å². The first-order chi connectivity index (χ1) is 12.0. The Morgan fingerprint density at radius 3 is 2.12 bits per heavy atom. The molecule has 0 saturated carbocycles. The molecule has 0 saturated heterocycles. The van der Waals surface area contributed by atoms with Gasteiger partial charge in [0, 0.05) is 24.5 Å². The number of rotatable bonds is 7. The van der Waals surface area contributed by atoms with Gasteiger partial charge in [0.15, 0.2) is 6.10 Å². The summed E-state index contributed by atoms with van der Waals surface area (Å²) < 4.78 is 5.89. The summed E-state index contributed by atoms with van der Waals surface area (Å²) in [4.78, 5) is 14.7. The second-order valence-electron chi connectivity index (χ2n) is 6.19. The Morgan fingerprint density at radius 1 is 1.04 bits per heavy atom. The standard InChI is InChI=1S/C21H28N2O2/c1-6-23(7-2)19-13-11-18(12-14-19)22-21(24)17(5)25-20-15(3)9-8-10-16(20)4/h8-14,17H,6-7H2,1-5H3,(H,22,24). The minimum absolute atomic E-state index is 0.154. The smallest absolute Gasteiger partial charge is 0.265 e. The SMILES string of the molecule is CCN(CC)c1ccc(NC(=O)C(C)Oc2c(C)cccc2C)cc1. The zero-order chi connectivity index (χ0) is 18.4. The maximum Gasteiger partial charge on any atom is 0.265 e. The highest BCUT2D eigenvalue weighted by molar-refractivity contribution is 5.94. The molecule has 0 aliphatic carbocycles. The zero-order valence-electron chi connectivity index (χ0n) is 15.8. The van der Waals surface area contributed by atoms with E-state index in [2.05, 4.69) is 24.1 Å². The molecule has 25 heavy (non-hydrogen) atoms. The van der Waals surface area contributed by atoms with Crippen molar-refractivity contribution >= 4 is 17.3 Å². The van der Waals surface area contributed by atoms with Crippen molar-refractivity contribution in [1.29, 1.82) is 0 Å². The van der Waals surface area contributed by atoms with Gasteiger partial charge >= 0.3 is 0 Å². The largest absolute Gasteiger partial charge is 0.480 e. The molecule has 4 heteroatoms. The number of aryl methyl sites for hydroxylation is 2. The molecule has 0 aliphatic heterocycles. The number of carbonyl (C=O) groups is 1. The Labute approximate surface area is 150 Å². The highest BCUT2D eigenvalue weighted by Crippen LogP contribution is 2.24. The number of hydrogen-bond acceptors (Lipinski definition) is 3. The lowest BCUT2D eigenvalue weighted by Crippen LogP contribution is -2.30. The normalized spacial score (nSPS) is 11.7. The van der Waals surface area contributed by atoms with E-state index in [4.69, 9.17) is 4.74 Å². The monoisotopic (exact) mass is 340 g/mol. The minimum atomic E-state index is -0.567. The molecule has 0 bridgehead atoms. The molecule has 1 N–H and O–H groups in total. The quantitative estimate of drug-likeness (QED) is 0.803. The lowest BCUT2D eigenvalue weighted by Gasteiger charge is -2.21. The van der Waals surface area contributed by atoms with E-state index in [1.807, 2.05) is 56.3 Å². The Kier molecular flexibility index (Phi) is 6.45. The summed E-state index contributed by atoms with van der Waals surface area (Å²) >= 11 is 0. The van der Waals surface area contributed by atoms with E-state index in [9.17, 15) is 4.79 Å². The van der Waals surface area contributed by atoms with Gasteiger partial charge in [0.25, 0.3) is 5.91 Å². The van der Waals surface area contributed by atoms with Crippen molar-refractivity contribution in [2.75, 3.05) is 23.3 Å². The van der Waals surface area contributed by atoms with Crippen molar-refractivity contribution in [2.24, 2.45) is 0 Å². The number of carbonyl (C=O) groups excluding carboxylic acids is 1. The molecule has 0 aromatic heterocycles. The average molecular weight is 340 g/mol. The van der Waals surface area contributed by atoms with Crippen LogP contribution < -0.4 is 15.0 Å². The fourth-order valence-corrected chi connectivity index (χ4v) is 2.80. The third-order valence-corrected chi connectivity index (χ3v) is 4.34. The molecule has 4 nitrogen and oxygen atoms in total. The summed E-state index contributed by atoms with van der Waals surface area (Å²) in [7, 11) is 0. The van der Waals surface area contributed by atoms with E-state index < -0.39 is 6.10 Å². The Balaban J connectivity index is 2.01. The molecule has 0 aliphatic rings. The van der Waals surface area contributed by atoms with Crippen LogP contribution in [-0.4, -0.2) is 25.1 Å². The number of anilines is 2. The fourth-order valence-electron chi connectivity index (χ4n) is 2.80. The van der Waals surface area contributed by atoms with Gasteiger partial charge in [-0.3, -0.25) is 4.79 Å². The zero-order valence-corrected chi connectivity index (χ0v) is 15.8. The predicted octanol–water partition coefficient (Wildman–Crippen LogP) is 4.56. The first-order valence-corrected chi connectivity index (χ1v) is 8.85. The summed E-state index contributed by atoms with van der Waals surface area (Å²) in [6, 6.07) is 13.9. The second kappa shape index (κ2) is 8.56. The second-order valence-corrected chi connectivity index (χ2v) is 6.19. The number of nitrogens with one attached hydrogen (secondary N) is 1. The summed E-state index contributed by atoms with van der Waals surface area (Å²) in [5.41, 5.74) is 3.99. The van der Waals surface area contributed by atoms with Gasteiger partial charge in [-0.05, 0) is 70.0 Å². The number of hydrogen-bond donors (Lipinski definition) is 1. The molecule has 2 aromatic carbocycles. The Morgan fingerprint density at radius 2 is 1.60 bits per heavy atom. The number of benzene rings is 2. The third-order valence-electron chi connectivity index (χ3n) is 4.34. The van der Waals surface area contributed by atoms with Crippen molar-refractivity contribution < 1.29 is 9.53 Å². The van der Waals surface area contributed by atoms with Gasteiger partial charge in [-0.15, -0.1) is 0 Å².